The molecule has 0 aromatic carbocycles. The van der Waals surface area contributed by atoms with Crippen LogP contribution in [0, 0.1) is 0 Å². The minimum atomic E-state index is 0.386. The Kier molecular flexibility index (Phi) is 5.00. The lowest BCUT2D eigenvalue weighted by Gasteiger charge is -2.00. The van der Waals surface area contributed by atoms with E-state index < -0.39 is 0 Å². The summed E-state index contributed by atoms with van der Waals surface area (Å²) in [6, 6.07) is 0. The van der Waals surface area contributed by atoms with Gasteiger partial charge in [0.25, 0.3) is 0 Å². The predicted molar refractivity (Wildman–Crippen MR) is 50.2 cm³/mol. The molecule has 70 valence electrons. The summed E-state index contributed by atoms with van der Waals surface area (Å²) in [7, 11) is 0. The van der Waals surface area contributed by atoms with Crippen LogP contribution in [0.15, 0.2) is 0 Å². The van der Waals surface area contributed by atoms with Crippen molar-refractivity contribution in [3.8, 4) is 0 Å². The topological polar surface area (TPSA) is 29.1 Å². The SMILES string of the molecule is O=C1CCCCCCCCNC1. The Bertz CT molecular complexity index is 120. The van der Waals surface area contributed by atoms with Crippen molar-refractivity contribution >= 4 is 5.78 Å². The normalized spacial score (nSPS) is 23.2. The molecule has 12 heavy (non-hydrogen) atoms. The van der Waals surface area contributed by atoms with Gasteiger partial charge in [0.2, 0.25) is 0 Å². The summed E-state index contributed by atoms with van der Waals surface area (Å²) < 4.78 is 0. The van der Waals surface area contributed by atoms with Gasteiger partial charge in [-0.05, 0) is 19.4 Å². The molecule has 2 heteroatoms. The van der Waals surface area contributed by atoms with Crippen LogP contribution in [0.5, 0.6) is 0 Å². The fourth-order valence-electron chi connectivity index (χ4n) is 1.60. The minimum absolute atomic E-state index is 0.386. The highest BCUT2D eigenvalue weighted by atomic mass is 16.1. The molecule has 1 rings (SSSR count). The van der Waals surface area contributed by atoms with Crippen LogP contribution in [0.2, 0.25) is 0 Å². The van der Waals surface area contributed by atoms with Crippen molar-refractivity contribution in [1.29, 1.82) is 0 Å². The van der Waals surface area contributed by atoms with Gasteiger partial charge in [0.05, 0.1) is 6.54 Å². The number of rotatable bonds is 0. The van der Waals surface area contributed by atoms with E-state index in [1.54, 1.807) is 0 Å². The van der Waals surface area contributed by atoms with Crippen LogP contribution in [0.25, 0.3) is 0 Å². The summed E-state index contributed by atoms with van der Waals surface area (Å²) in [5, 5.41) is 3.18. The number of hydrogen-bond acceptors (Lipinski definition) is 2. The van der Waals surface area contributed by atoms with Crippen molar-refractivity contribution < 1.29 is 4.79 Å². The molecule has 1 aliphatic heterocycles. The molecule has 0 aromatic rings. The molecular weight excluding hydrogens is 150 g/mol. The number of carbonyl (C=O) groups excluding carboxylic acids is 1. The number of ketones is 1. The maximum Gasteiger partial charge on any atom is 0.146 e. The van der Waals surface area contributed by atoms with Gasteiger partial charge in [-0.15, -0.1) is 0 Å². The Labute approximate surface area is 74.7 Å². The standard InChI is InChI=1S/C10H19NO/c12-10-7-5-3-1-2-4-6-8-11-9-10/h11H,1-9H2. The van der Waals surface area contributed by atoms with E-state index in [2.05, 4.69) is 5.32 Å². The molecule has 0 aromatic heterocycles. The molecule has 1 aliphatic rings. The third-order valence-electron chi connectivity index (χ3n) is 2.38. The largest absolute Gasteiger partial charge is 0.310 e. The summed E-state index contributed by atoms with van der Waals surface area (Å²) >= 11 is 0. The Hall–Kier alpha value is -0.370. The molecule has 1 heterocycles. The van der Waals surface area contributed by atoms with Gasteiger partial charge in [-0.2, -0.15) is 0 Å². The number of carbonyl (C=O) groups is 1. The Morgan fingerprint density at radius 1 is 0.917 bits per heavy atom. The molecule has 0 amide bonds. The lowest BCUT2D eigenvalue weighted by molar-refractivity contribution is -0.118. The first-order chi connectivity index (χ1) is 5.89. The summed E-state index contributed by atoms with van der Waals surface area (Å²) in [6.45, 7) is 1.62. The summed E-state index contributed by atoms with van der Waals surface area (Å²) in [4.78, 5) is 11.2. The van der Waals surface area contributed by atoms with Gasteiger partial charge in [0, 0.05) is 6.42 Å². The molecule has 1 saturated heterocycles. The maximum absolute atomic E-state index is 11.2. The molecule has 0 radical (unpaired) electrons. The second-order valence-corrected chi connectivity index (χ2v) is 3.59. The molecule has 0 aliphatic carbocycles. The molecule has 0 spiro atoms. The summed E-state index contributed by atoms with van der Waals surface area (Å²) in [5.41, 5.74) is 0. The second-order valence-electron chi connectivity index (χ2n) is 3.59. The van der Waals surface area contributed by atoms with E-state index in [4.69, 9.17) is 0 Å². The van der Waals surface area contributed by atoms with E-state index in [0.717, 1.165) is 19.4 Å². The van der Waals surface area contributed by atoms with E-state index in [1.807, 2.05) is 0 Å². The number of nitrogens with one attached hydrogen (secondary N) is 1. The van der Waals surface area contributed by atoms with Crippen LogP contribution >= 0.6 is 0 Å². The molecule has 1 fully saturated rings. The fourth-order valence-corrected chi connectivity index (χ4v) is 1.60. The lowest BCUT2D eigenvalue weighted by atomic mass is 10.1. The lowest BCUT2D eigenvalue weighted by Crippen LogP contribution is -2.23. The average Bonchev–Trinajstić information content (AvgIpc) is 2.11. The van der Waals surface area contributed by atoms with E-state index >= 15 is 0 Å². The molecule has 0 unspecified atom stereocenters. The highest BCUT2D eigenvalue weighted by Crippen LogP contribution is 2.07. The zero-order valence-electron chi connectivity index (χ0n) is 7.77. The van der Waals surface area contributed by atoms with Crippen molar-refractivity contribution in [2.75, 3.05) is 13.1 Å². The number of hydrogen-bond donors (Lipinski definition) is 1. The van der Waals surface area contributed by atoms with Crippen molar-refractivity contribution in [2.45, 2.75) is 44.9 Å². The van der Waals surface area contributed by atoms with E-state index in [-0.39, 0.29) is 0 Å². The highest BCUT2D eigenvalue weighted by Gasteiger charge is 2.02. The second kappa shape index (κ2) is 6.18. The van der Waals surface area contributed by atoms with Crippen LogP contribution in [-0.4, -0.2) is 18.9 Å². The van der Waals surface area contributed by atoms with Gasteiger partial charge in [0.1, 0.15) is 5.78 Å². The van der Waals surface area contributed by atoms with E-state index in [0.29, 0.717) is 12.3 Å². The van der Waals surface area contributed by atoms with Gasteiger partial charge >= 0.3 is 0 Å². The monoisotopic (exact) mass is 169 g/mol. The van der Waals surface area contributed by atoms with Crippen LogP contribution in [-0.2, 0) is 4.79 Å². The number of Topliss-reactive ketones (excluding diaryl/α,β-unsaturated/α-hetero) is 1. The molecule has 0 bridgehead atoms. The first kappa shape index (κ1) is 9.72. The van der Waals surface area contributed by atoms with E-state index in [1.165, 1.54) is 32.1 Å². The summed E-state index contributed by atoms with van der Waals surface area (Å²) in [5.74, 6) is 0.386. The average molecular weight is 169 g/mol. The van der Waals surface area contributed by atoms with Crippen LogP contribution in [0.1, 0.15) is 44.9 Å². The van der Waals surface area contributed by atoms with Crippen LogP contribution in [0.4, 0.5) is 0 Å². The Morgan fingerprint density at radius 2 is 1.58 bits per heavy atom. The van der Waals surface area contributed by atoms with Gasteiger partial charge in [-0.25, -0.2) is 0 Å². The molecule has 2 nitrogen and oxygen atoms in total. The Morgan fingerprint density at radius 3 is 2.42 bits per heavy atom. The zero-order valence-corrected chi connectivity index (χ0v) is 7.77. The third-order valence-corrected chi connectivity index (χ3v) is 2.38. The first-order valence-corrected chi connectivity index (χ1v) is 5.12. The Balaban J connectivity index is 2.17. The minimum Gasteiger partial charge on any atom is -0.310 e. The quantitative estimate of drug-likeness (QED) is 0.600. The van der Waals surface area contributed by atoms with Gasteiger partial charge in [-0.3, -0.25) is 4.79 Å². The predicted octanol–water partition coefficient (Wildman–Crippen LogP) is 1.89. The van der Waals surface area contributed by atoms with Crippen LogP contribution in [0.3, 0.4) is 0 Å². The van der Waals surface area contributed by atoms with E-state index in [9.17, 15) is 4.79 Å². The van der Waals surface area contributed by atoms with Gasteiger partial charge < -0.3 is 5.32 Å². The van der Waals surface area contributed by atoms with Crippen LogP contribution < -0.4 is 5.32 Å². The zero-order chi connectivity index (χ0) is 8.65. The first-order valence-electron chi connectivity index (χ1n) is 5.12. The van der Waals surface area contributed by atoms with Crippen molar-refractivity contribution in [3.05, 3.63) is 0 Å². The molecular formula is C10H19NO. The van der Waals surface area contributed by atoms with Gasteiger partial charge in [-0.1, -0.05) is 25.7 Å². The molecule has 0 atom stereocenters. The molecule has 0 saturated carbocycles. The summed E-state index contributed by atoms with van der Waals surface area (Å²) in [6.07, 6.45) is 8.33. The van der Waals surface area contributed by atoms with Crippen molar-refractivity contribution in [1.82, 2.24) is 5.32 Å². The third kappa shape index (κ3) is 4.50. The smallest absolute Gasteiger partial charge is 0.146 e. The van der Waals surface area contributed by atoms with Crippen molar-refractivity contribution in [2.24, 2.45) is 0 Å². The highest BCUT2D eigenvalue weighted by molar-refractivity contribution is 5.80. The maximum atomic E-state index is 11.2. The fraction of sp³-hybridized carbons (Fsp3) is 0.900. The van der Waals surface area contributed by atoms with Crippen molar-refractivity contribution in [3.63, 3.8) is 0 Å². The molecule has 1 N–H and O–H groups in total. The van der Waals surface area contributed by atoms with Gasteiger partial charge in [0.15, 0.2) is 0 Å².